The number of carbonyl (C=O) groups excluding carboxylic acids is 1. The molecule has 3 N–H and O–H groups in total. The van der Waals surface area contributed by atoms with E-state index in [1.807, 2.05) is 60.7 Å². The third kappa shape index (κ3) is 6.15. The van der Waals surface area contributed by atoms with Crippen molar-refractivity contribution in [1.82, 2.24) is 10.2 Å². The van der Waals surface area contributed by atoms with E-state index in [-0.39, 0.29) is 18.9 Å². The molecule has 0 aromatic heterocycles. The van der Waals surface area contributed by atoms with Crippen LogP contribution in [-0.4, -0.2) is 74.1 Å². The molecule has 1 aliphatic heterocycles. The van der Waals surface area contributed by atoms with E-state index in [1.54, 1.807) is 0 Å². The Morgan fingerprint density at radius 3 is 2.21 bits per heavy atom. The predicted molar refractivity (Wildman–Crippen MR) is 146 cm³/mol. The van der Waals surface area contributed by atoms with Gasteiger partial charge in [-0.05, 0) is 39.9 Å². The van der Waals surface area contributed by atoms with Crippen molar-refractivity contribution in [2.75, 3.05) is 51.3 Å². The number of hydrogen-bond donors (Lipinski definition) is 3. The number of nitrogens with zero attached hydrogens (tertiary/aromatic N) is 1. The van der Waals surface area contributed by atoms with E-state index in [1.165, 1.54) is 0 Å². The van der Waals surface area contributed by atoms with E-state index in [0.29, 0.717) is 0 Å². The normalized spacial score (nSPS) is 15.8. The van der Waals surface area contributed by atoms with Crippen LogP contribution in [0.25, 0.3) is 11.1 Å². The number of anilines is 1. The summed E-state index contributed by atoms with van der Waals surface area (Å²) in [5.74, 6) is -1.19. The molecule has 1 amide bonds. The Labute approximate surface area is 222 Å². The summed E-state index contributed by atoms with van der Waals surface area (Å²) in [6.45, 7) is 5.36. The number of alkyl carbamates (subject to hydrolysis) is 1. The standard InChI is InChI=1S/C30H33N3O5/c34-29(35)28(19-21-9-11-22(12-10-21)31-13-14-33-15-17-37-18-16-33)32-30(36)38-20-27-25-7-3-1-5-23(25)24-6-2-4-8-26(24)27/h1-12,27-28,31H,13-20H2,(H,32,36)(H,34,35). The first-order chi connectivity index (χ1) is 18.6. The Morgan fingerprint density at radius 1 is 0.947 bits per heavy atom. The van der Waals surface area contributed by atoms with Crippen molar-refractivity contribution in [2.45, 2.75) is 18.4 Å². The first-order valence-electron chi connectivity index (χ1n) is 13.1. The number of carboxylic acids is 1. The topological polar surface area (TPSA) is 100 Å². The molecule has 8 nitrogen and oxygen atoms in total. The minimum atomic E-state index is -1.11. The monoisotopic (exact) mass is 515 g/mol. The zero-order valence-electron chi connectivity index (χ0n) is 21.3. The summed E-state index contributed by atoms with van der Waals surface area (Å²) in [6.07, 6.45) is -0.575. The van der Waals surface area contributed by atoms with Crippen LogP contribution < -0.4 is 10.6 Å². The molecule has 3 aromatic carbocycles. The molecule has 2 aliphatic rings. The second-order valence-electron chi connectivity index (χ2n) is 9.64. The first kappa shape index (κ1) is 25.8. The molecular formula is C30H33N3O5. The Balaban J connectivity index is 1.12. The summed E-state index contributed by atoms with van der Waals surface area (Å²) < 4.78 is 10.9. The largest absolute Gasteiger partial charge is 0.480 e. The molecule has 0 spiro atoms. The molecular weight excluding hydrogens is 482 g/mol. The maximum Gasteiger partial charge on any atom is 0.407 e. The van der Waals surface area contributed by atoms with E-state index in [2.05, 4.69) is 27.7 Å². The molecule has 0 saturated carbocycles. The van der Waals surface area contributed by atoms with Crippen molar-refractivity contribution in [3.05, 3.63) is 89.5 Å². The summed E-state index contributed by atoms with van der Waals surface area (Å²) in [5, 5.41) is 15.6. The lowest BCUT2D eigenvalue weighted by Gasteiger charge is -2.26. The van der Waals surface area contributed by atoms with Gasteiger partial charge in [-0.15, -0.1) is 0 Å². The fourth-order valence-corrected chi connectivity index (χ4v) is 5.16. The van der Waals surface area contributed by atoms with Gasteiger partial charge >= 0.3 is 12.1 Å². The highest BCUT2D eigenvalue weighted by atomic mass is 16.5. The van der Waals surface area contributed by atoms with Crippen molar-refractivity contribution < 1.29 is 24.2 Å². The van der Waals surface area contributed by atoms with Crippen LogP contribution in [0.3, 0.4) is 0 Å². The van der Waals surface area contributed by atoms with Gasteiger partial charge in [0.25, 0.3) is 0 Å². The number of morpholine rings is 1. The van der Waals surface area contributed by atoms with Gasteiger partial charge in [0, 0.05) is 44.2 Å². The van der Waals surface area contributed by atoms with Gasteiger partial charge in [0.1, 0.15) is 12.6 Å². The first-order valence-corrected chi connectivity index (χ1v) is 13.1. The van der Waals surface area contributed by atoms with E-state index < -0.39 is 18.1 Å². The Hall–Kier alpha value is -3.88. The third-order valence-electron chi connectivity index (χ3n) is 7.19. The molecule has 38 heavy (non-hydrogen) atoms. The number of nitrogens with one attached hydrogen (secondary N) is 2. The third-order valence-corrected chi connectivity index (χ3v) is 7.19. The smallest absolute Gasteiger partial charge is 0.407 e. The number of benzene rings is 3. The predicted octanol–water partition coefficient (Wildman–Crippen LogP) is 3.97. The van der Waals surface area contributed by atoms with Crippen LogP contribution in [0.5, 0.6) is 0 Å². The SMILES string of the molecule is O=C(NC(Cc1ccc(NCCN2CCOCC2)cc1)C(=O)O)OCC1c2ccccc2-c2ccccc21. The van der Waals surface area contributed by atoms with Crippen LogP contribution in [0.15, 0.2) is 72.8 Å². The molecule has 3 aromatic rings. The zero-order valence-corrected chi connectivity index (χ0v) is 21.3. The van der Waals surface area contributed by atoms with Gasteiger partial charge in [-0.2, -0.15) is 0 Å². The number of hydrogen-bond acceptors (Lipinski definition) is 6. The molecule has 8 heteroatoms. The number of rotatable bonds is 10. The van der Waals surface area contributed by atoms with E-state index in [4.69, 9.17) is 9.47 Å². The van der Waals surface area contributed by atoms with Crippen LogP contribution in [0.2, 0.25) is 0 Å². The number of carbonyl (C=O) groups is 2. The molecule has 1 saturated heterocycles. The summed E-state index contributed by atoms with van der Waals surface area (Å²) in [4.78, 5) is 26.9. The highest BCUT2D eigenvalue weighted by molar-refractivity contribution is 5.81. The van der Waals surface area contributed by atoms with Gasteiger partial charge in [-0.3, -0.25) is 4.90 Å². The Kier molecular flexibility index (Phi) is 8.21. The minimum Gasteiger partial charge on any atom is -0.480 e. The van der Waals surface area contributed by atoms with Gasteiger partial charge in [-0.25, -0.2) is 9.59 Å². The van der Waals surface area contributed by atoms with E-state index >= 15 is 0 Å². The fourth-order valence-electron chi connectivity index (χ4n) is 5.16. The van der Waals surface area contributed by atoms with Crippen molar-refractivity contribution >= 4 is 17.7 Å². The Bertz CT molecular complexity index is 1210. The van der Waals surface area contributed by atoms with Gasteiger partial charge in [0.2, 0.25) is 0 Å². The average molecular weight is 516 g/mol. The average Bonchev–Trinajstić information content (AvgIpc) is 3.26. The van der Waals surface area contributed by atoms with E-state index in [0.717, 1.165) is 72.9 Å². The number of aliphatic carboxylic acids is 1. The lowest BCUT2D eigenvalue weighted by molar-refractivity contribution is -0.139. The van der Waals surface area contributed by atoms with Crippen molar-refractivity contribution in [3.8, 4) is 11.1 Å². The van der Waals surface area contributed by atoms with Crippen LogP contribution in [0.4, 0.5) is 10.5 Å². The lowest BCUT2D eigenvalue weighted by Crippen LogP contribution is -2.42. The molecule has 198 valence electrons. The summed E-state index contributed by atoms with van der Waals surface area (Å²) in [7, 11) is 0. The minimum absolute atomic E-state index is 0.0836. The van der Waals surface area contributed by atoms with Gasteiger partial charge < -0.3 is 25.2 Å². The van der Waals surface area contributed by atoms with Crippen LogP contribution in [0.1, 0.15) is 22.6 Å². The van der Waals surface area contributed by atoms with Crippen LogP contribution >= 0.6 is 0 Å². The van der Waals surface area contributed by atoms with Gasteiger partial charge in [0.15, 0.2) is 0 Å². The van der Waals surface area contributed by atoms with Crippen LogP contribution in [0, 0.1) is 0 Å². The number of amides is 1. The zero-order chi connectivity index (χ0) is 26.3. The quantitative estimate of drug-likeness (QED) is 0.376. The molecule has 0 radical (unpaired) electrons. The highest BCUT2D eigenvalue weighted by Gasteiger charge is 2.29. The molecule has 1 heterocycles. The Morgan fingerprint density at radius 2 is 1.58 bits per heavy atom. The molecule has 0 bridgehead atoms. The van der Waals surface area contributed by atoms with Gasteiger partial charge in [-0.1, -0.05) is 60.7 Å². The number of fused-ring (bicyclic) bond motifs is 3. The summed E-state index contributed by atoms with van der Waals surface area (Å²) in [6, 6.07) is 22.7. The van der Waals surface area contributed by atoms with Crippen molar-refractivity contribution in [1.29, 1.82) is 0 Å². The second kappa shape index (κ2) is 12.1. The van der Waals surface area contributed by atoms with Gasteiger partial charge in [0.05, 0.1) is 13.2 Å². The summed E-state index contributed by atoms with van der Waals surface area (Å²) in [5.41, 5.74) is 6.28. The molecule has 1 aliphatic carbocycles. The maximum atomic E-state index is 12.6. The molecule has 1 fully saturated rings. The number of carboxylic acid groups (broad SMARTS) is 1. The number of ether oxygens (including phenoxy) is 2. The van der Waals surface area contributed by atoms with Crippen molar-refractivity contribution in [2.24, 2.45) is 0 Å². The molecule has 1 atom stereocenters. The lowest BCUT2D eigenvalue weighted by atomic mass is 9.98. The van der Waals surface area contributed by atoms with Crippen LogP contribution in [-0.2, 0) is 20.7 Å². The fraction of sp³-hybridized carbons (Fsp3) is 0.333. The molecule has 5 rings (SSSR count). The second-order valence-corrected chi connectivity index (χ2v) is 9.64. The maximum absolute atomic E-state index is 12.6. The highest BCUT2D eigenvalue weighted by Crippen LogP contribution is 2.44. The van der Waals surface area contributed by atoms with E-state index in [9.17, 15) is 14.7 Å². The van der Waals surface area contributed by atoms with Crippen molar-refractivity contribution in [3.63, 3.8) is 0 Å². The summed E-state index contributed by atoms with van der Waals surface area (Å²) >= 11 is 0. The molecule has 1 unspecified atom stereocenters.